The van der Waals surface area contributed by atoms with Crippen LogP contribution in [0.25, 0.3) is 0 Å². The molecule has 2 atom stereocenters. The molecule has 8 heteroatoms. The number of hydrogen-bond acceptors (Lipinski definition) is 4. The summed E-state index contributed by atoms with van der Waals surface area (Å²) in [5.74, 6) is 1.36. The van der Waals surface area contributed by atoms with Crippen LogP contribution in [0, 0.1) is 5.92 Å². The van der Waals surface area contributed by atoms with Crippen LogP contribution in [0.4, 0.5) is 0 Å². The third-order valence-electron chi connectivity index (χ3n) is 3.93. The number of likely N-dealkylation sites (tertiary alicyclic amines) is 1. The van der Waals surface area contributed by atoms with Crippen LogP contribution in [0.1, 0.15) is 27.2 Å². The Morgan fingerprint density at radius 1 is 1.32 bits per heavy atom. The largest absolute Gasteiger partial charge is 0.356 e. The van der Waals surface area contributed by atoms with Crippen molar-refractivity contribution < 1.29 is 8.42 Å². The van der Waals surface area contributed by atoms with Crippen molar-refractivity contribution in [2.24, 2.45) is 10.9 Å². The summed E-state index contributed by atoms with van der Waals surface area (Å²) >= 11 is 0. The summed E-state index contributed by atoms with van der Waals surface area (Å²) < 4.78 is 24.4. The van der Waals surface area contributed by atoms with Crippen LogP contribution in [-0.4, -0.2) is 70.8 Å². The second kappa shape index (κ2) is 8.69. The summed E-state index contributed by atoms with van der Waals surface area (Å²) in [7, 11) is -1.35. The topological polar surface area (TPSA) is 85.8 Å². The van der Waals surface area contributed by atoms with E-state index >= 15 is 0 Å². The Balaban J connectivity index is 2.31. The summed E-state index contributed by atoms with van der Waals surface area (Å²) in [5, 5.41) is 6.70. The van der Waals surface area contributed by atoms with Gasteiger partial charge in [0.1, 0.15) is 0 Å². The van der Waals surface area contributed by atoms with E-state index in [4.69, 9.17) is 0 Å². The lowest BCUT2D eigenvalue weighted by Gasteiger charge is -2.22. The molecule has 0 spiro atoms. The maximum atomic E-state index is 11.0. The maximum absolute atomic E-state index is 11.0. The standard InChI is InChI=1S/C14H31N5O2S/c1-11(2)19-9-12(3)13(10-19)18-14(15-4)16-7-6-8-17-22(5,20)21/h11-13,17H,6-10H2,1-5H3,(H2,15,16,18). The molecule has 0 aromatic rings. The fraction of sp³-hybridized carbons (Fsp3) is 0.929. The van der Waals surface area contributed by atoms with E-state index in [-0.39, 0.29) is 0 Å². The van der Waals surface area contributed by atoms with Crippen molar-refractivity contribution in [2.75, 3.05) is 39.5 Å². The molecule has 0 bridgehead atoms. The van der Waals surface area contributed by atoms with Gasteiger partial charge in [-0.15, -0.1) is 0 Å². The van der Waals surface area contributed by atoms with Crippen LogP contribution < -0.4 is 15.4 Å². The Bertz CT molecular complexity index is 464. The number of sulfonamides is 1. The minimum atomic E-state index is -3.10. The molecule has 1 saturated heterocycles. The van der Waals surface area contributed by atoms with E-state index < -0.39 is 10.0 Å². The molecule has 22 heavy (non-hydrogen) atoms. The van der Waals surface area contributed by atoms with Crippen molar-refractivity contribution >= 4 is 16.0 Å². The average molecular weight is 334 g/mol. The van der Waals surface area contributed by atoms with Gasteiger partial charge >= 0.3 is 0 Å². The van der Waals surface area contributed by atoms with E-state index in [0.717, 1.165) is 19.0 Å². The average Bonchev–Trinajstić information content (AvgIpc) is 2.77. The molecule has 2 unspecified atom stereocenters. The number of nitrogens with zero attached hydrogens (tertiary/aromatic N) is 2. The molecule has 0 aliphatic carbocycles. The van der Waals surface area contributed by atoms with Gasteiger partial charge in [0, 0.05) is 45.3 Å². The van der Waals surface area contributed by atoms with Gasteiger partial charge in [-0.2, -0.15) is 0 Å². The molecular formula is C14H31N5O2S. The third-order valence-corrected chi connectivity index (χ3v) is 4.66. The van der Waals surface area contributed by atoms with Crippen molar-refractivity contribution in [2.45, 2.75) is 39.3 Å². The quantitative estimate of drug-likeness (QED) is 0.342. The lowest BCUT2D eigenvalue weighted by molar-refractivity contribution is 0.265. The second-order valence-corrected chi connectivity index (χ2v) is 8.13. The molecule has 1 fully saturated rings. The number of guanidine groups is 1. The summed E-state index contributed by atoms with van der Waals surface area (Å²) in [6.45, 7) is 9.93. The number of nitrogens with one attached hydrogen (secondary N) is 3. The lowest BCUT2D eigenvalue weighted by Crippen LogP contribution is -2.47. The Hall–Kier alpha value is -0.860. The highest BCUT2D eigenvalue weighted by atomic mass is 32.2. The smallest absolute Gasteiger partial charge is 0.208 e. The number of aliphatic imine (C=N–C) groups is 1. The first-order chi connectivity index (χ1) is 10.2. The minimum Gasteiger partial charge on any atom is -0.356 e. The molecule has 1 aliphatic rings. The van der Waals surface area contributed by atoms with E-state index in [1.54, 1.807) is 7.05 Å². The molecule has 1 heterocycles. The molecule has 130 valence electrons. The van der Waals surface area contributed by atoms with Crippen LogP contribution in [0.15, 0.2) is 4.99 Å². The summed E-state index contributed by atoms with van der Waals surface area (Å²) in [5.41, 5.74) is 0. The van der Waals surface area contributed by atoms with Crippen molar-refractivity contribution in [1.82, 2.24) is 20.3 Å². The predicted octanol–water partition coefficient (Wildman–Crippen LogP) is -0.181. The fourth-order valence-corrected chi connectivity index (χ4v) is 3.05. The molecule has 1 aliphatic heterocycles. The van der Waals surface area contributed by atoms with Crippen molar-refractivity contribution in [3.05, 3.63) is 0 Å². The normalized spacial score (nSPS) is 24.0. The summed E-state index contributed by atoms with van der Waals surface area (Å²) in [6.07, 6.45) is 1.88. The van der Waals surface area contributed by atoms with Gasteiger partial charge in [0.15, 0.2) is 5.96 Å². The van der Waals surface area contributed by atoms with Crippen molar-refractivity contribution in [1.29, 1.82) is 0 Å². The van der Waals surface area contributed by atoms with Gasteiger partial charge in [-0.25, -0.2) is 13.1 Å². The molecule has 0 radical (unpaired) electrons. The second-order valence-electron chi connectivity index (χ2n) is 6.29. The SMILES string of the molecule is CN=C(NCCCNS(C)(=O)=O)NC1CN(C(C)C)CC1C. The highest BCUT2D eigenvalue weighted by molar-refractivity contribution is 7.88. The van der Waals surface area contributed by atoms with E-state index in [2.05, 4.69) is 46.0 Å². The van der Waals surface area contributed by atoms with E-state index in [9.17, 15) is 8.42 Å². The first-order valence-electron chi connectivity index (χ1n) is 7.88. The zero-order valence-corrected chi connectivity index (χ0v) is 15.2. The van der Waals surface area contributed by atoms with Gasteiger partial charge in [-0.1, -0.05) is 6.92 Å². The first-order valence-corrected chi connectivity index (χ1v) is 9.78. The predicted molar refractivity (Wildman–Crippen MR) is 91.6 cm³/mol. The molecule has 0 aromatic heterocycles. The highest BCUT2D eigenvalue weighted by Gasteiger charge is 2.31. The summed E-state index contributed by atoms with van der Waals surface area (Å²) in [4.78, 5) is 6.70. The molecule has 0 saturated carbocycles. The van der Waals surface area contributed by atoms with Gasteiger partial charge < -0.3 is 10.6 Å². The van der Waals surface area contributed by atoms with Crippen molar-refractivity contribution in [3.63, 3.8) is 0 Å². The van der Waals surface area contributed by atoms with Crippen LogP contribution >= 0.6 is 0 Å². The zero-order valence-electron chi connectivity index (χ0n) is 14.4. The highest BCUT2D eigenvalue weighted by Crippen LogP contribution is 2.18. The van der Waals surface area contributed by atoms with E-state index in [1.807, 2.05) is 0 Å². The Morgan fingerprint density at radius 3 is 2.50 bits per heavy atom. The molecule has 0 amide bonds. The monoisotopic (exact) mass is 333 g/mol. The fourth-order valence-electron chi connectivity index (χ4n) is 2.54. The van der Waals surface area contributed by atoms with Gasteiger partial charge in [0.05, 0.1) is 6.26 Å². The molecule has 7 nitrogen and oxygen atoms in total. The number of hydrogen-bond donors (Lipinski definition) is 3. The molecule has 3 N–H and O–H groups in total. The van der Waals surface area contributed by atoms with Crippen molar-refractivity contribution in [3.8, 4) is 0 Å². The Kier molecular flexibility index (Phi) is 7.58. The minimum absolute atomic E-state index is 0.391. The van der Waals surface area contributed by atoms with Crippen LogP contribution in [0.2, 0.25) is 0 Å². The number of rotatable bonds is 7. The van der Waals surface area contributed by atoms with Gasteiger partial charge in [0.2, 0.25) is 10.0 Å². The summed E-state index contributed by atoms with van der Waals surface area (Å²) in [6, 6.07) is 0.953. The molecule has 0 aromatic carbocycles. The van der Waals surface area contributed by atoms with Crippen LogP contribution in [-0.2, 0) is 10.0 Å². The Labute approximate surface area is 135 Å². The third kappa shape index (κ3) is 6.93. The van der Waals surface area contributed by atoms with E-state index in [1.165, 1.54) is 6.26 Å². The van der Waals surface area contributed by atoms with E-state index in [0.29, 0.717) is 37.5 Å². The van der Waals surface area contributed by atoms with Gasteiger partial charge in [-0.3, -0.25) is 9.89 Å². The van der Waals surface area contributed by atoms with Crippen LogP contribution in [0.5, 0.6) is 0 Å². The maximum Gasteiger partial charge on any atom is 0.208 e. The van der Waals surface area contributed by atoms with Gasteiger partial charge in [-0.05, 0) is 26.2 Å². The van der Waals surface area contributed by atoms with Crippen LogP contribution in [0.3, 0.4) is 0 Å². The lowest BCUT2D eigenvalue weighted by atomic mass is 10.1. The molecule has 1 rings (SSSR count). The first kappa shape index (κ1) is 19.2. The zero-order chi connectivity index (χ0) is 16.8. The van der Waals surface area contributed by atoms with Gasteiger partial charge in [0.25, 0.3) is 0 Å². The Morgan fingerprint density at radius 2 is 2.00 bits per heavy atom. The molecular weight excluding hydrogens is 302 g/mol.